The number of thiophene rings is 1. The monoisotopic (exact) mass is 307 g/mol. The maximum atomic E-state index is 12.2. The molecule has 0 fully saturated rings. The highest BCUT2D eigenvalue weighted by Gasteiger charge is 2.27. The summed E-state index contributed by atoms with van der Waals surface area (Å²) in [5.74, 6) is -1.23. The second-order valence-corrected chi connectivity index (χ2v) is 6.96. The number of sulfonamides is 1. The number of carboxylic acid groups (broad SMARTS) is 1. The Morgan fingerprint density at radius 1 is 1.37 bits per heavy atom. The molecule has 0 saturated heterocycles. The Morgan fingerprint density at radius 2 is 2.05 bits per heavy atom. The van der Waals surface area contributed by atoms with E-state index in [1.807, 2.05) is 0 Å². The first-order chi connectivity index (χ1) is 8.91. The second kappa shape index (κ2) is 6.99. The SMILES string of the molecule is CN(CCCCCO)S(=O)(=O)c1ccsc1C(=O)O. The first-order valence-electron chi connectivity index (χ1n) is 5.79. The molecule has 0 amide bonds. The first kappa shape index (κ1) is 16.1. The lowest BCUT2D eigenvalue weighted by molar-refractivity contribution is 0.0698. The maximum absolute atomic E-state index is 12.2. The molecule has 0 unspecified atom stereocenters. The molecule has 0 bridgehead atoms. The third-order valence-corrected chi connectivity index (χ3v) is 5.57. The van der Waals surface area contributed by atoms with Gasteiger partial charge in [0.2, 0.25) is 10.0 Å². The molecule has 0 saturated carbocycles. The second-order valence-electron chi connectivity index (χ2n) is 4.03. The van der Waals surface area contributed by atoms with E-state index < -0.39 is 16.0 Å². The summed E-state index contributed by atoms with van der Waals surface area (Å²) in [6, 6.07) is 1.31. The van der Waals surface area contributed by atoms with Gasteiger partial charge in [0.1, 0.15) is 9.77 Å². The standard InChI is InChI=1S/C11H17NO5S2/c1-12(6-3-2-4-7-13)19(16,17)9-5-8-18-10(9)11(14)15/h5,8,13H,2-4,6-7H2,1H3,(H,14,15). The highest BCUT2D eigenvalue weighted by Crippen LogP contribution is 2.24. The zero-order valence-corrected chi connectivity index (χ0v) is 12.2. The average Bonchev–Trinajstić information content (AvgIpc) is 2.84. The molecule has 6 nitrogen and oxygen atoms in total. The van der Waals surface area contributed by atoms with Crippen LogP contribution >= 0.6 is 11.3 Å². The third kappa shape index (κ3) is 4.00. The highest BCUT2D eigenvalue weighted by molar-refractivity contribution is 7.89. The van der Waals surface area contributed by atoms with Crippen LogP contribution in [0.4, 0.5) is 0 Å². The van der Waals surface area contributed by atoms with Gasteiger partial charge in [0, 0.05) is 20.2 Å². The Balaban J connectivity index is 2.79. The lowest BCUT2D eigenvalue weighted by Gasteiger charge is -2.16. The van der Waals surface area contributed by atoms with E-state index in [4.69, 9.17) is 10.2 Å². The van der Waals surface area contributed by atoms with Crippen LogP contribution < -0.4 is 0 Å². The Labute approximate surface area is 116 Å². The lowest BCUT2D eigenvalue weighted by Crippen LogP contribution is -2.28. The number of carboxylic acids is 1. The Morgan fingerprint density at radius 3 is 2.63 bits per heavy atom. The van der Waals surface area contributed by atoms with Crippen molar-refractivity contribution in [3.8, 4) is 0 Å². The summed E-state index contributed by atoms with van der Waals surface area (Å²) < 4.78 is 25.6. The quantitative estimate of drug-likeness (QED) is 0.704. The molecule has 0 radical (unpaired) electrons. The van der Waals surface area contributed by atoms with Crippen LogP contribution in [-0.2, 0) is 10.0 Å². The number of aliphatic hydroxyl groups excluding tert-OH is 1. The van der Waals surface area contributed by atoms with Crippen LogP contribution in [-0.4, -0.2) is 49.1 Å². The summed E-state index contributed by atoms with van der Waals surface area (Å²) in [5, 5.41) is 19.0. The van der Waals surface area contributed by atoms with Gasteiger partial charge in [0.15, 0.2) is 0 Å². The van der Waals surface area contributed by atoms with Crippen molar-refractivity contribution in [2.75, 3.05) is 20.2 Å². The molecule has 108 valence electrons. The van der Waals surface area contributed by atoms with Crippen LogP contribution in [0.25, 0.3) is 0 Å². The zero-order valence-electron chi connectivity index (χ0n) is 10.6. The summed E-state index contributed by atoms with van der Waals surface area (Å²) in [5.41, 5.74) is 0. The molecule has 1 aromatic rings. The van der Waals surface area contributed by atoms with Gasteiger partial charge in [-0.1, -0.05) is 0 Å². The van der Waals surface area contributed by atoms with Crippen molar-refractivity contribution < 1.29 is 23.4 Å². The van der Waals surface area contributed by atoms with Crippen molar-refractivity contribution in [1.29, 1.82) is 0 Å². The van der Waals surface area contributed by atoms with Crippen molar-refractivity contribution >= 4 is 27.3 Å². The number of hydrogen-bond acceptors (Lipinski definition) is 5. The van der Waals surface area contributed by atoms with Gasteiger partial charge >= 0.3 is 5.97 Å². The molecule has 0 aliphatic heterocycles. The summed E-state index contributed by atoms with van der Waals surface area (Å²) in [6.45, 7) is 0.390. The number of nitrogens with zero attached hydrogens (tertiary/aromatic N) is 1. The summed E-state index contributed by atoms with van der Waals surface area (Å²) in [6.07, 6.45) is 1.99. The molecule has 1 rings (SSSR count). The highest BCUT2D eigenvalue weighted by atomic mass is 32.2. The number of aliphatic hydroxyl groups is 1. The normalized spacial score (nSPS) is 11.9. The minimum absolute atomic E-state index is 0.0875. The molecule has 0 aliphatic carbocycles. The Bertz CT molecular complexity index is 523. The zero-order chi connectivity index (χ0) is 14.5. The van der Waals surface area contributed by atoms with E-state index in [0.29, 0.717) is 19.4 Å². The van der Waals surface area contributed by atoms with Crippen LogP contribution in [0.1, 0.15) is 28.9 Å². The van der Waals surface area contributed by atoms with E-state index in [9.17, 15) is 13.2 Å². The smallest absolute Gasteiger partial charge is 0.347 e. The third-order valence-electron chi connectivity index (χ3n) is 2.64. The fourth-order valence-electron chi connectivity index (χ4n) is 1.57. The van der Waals surface area contributed by atoms with Gasteiger partial charge in [-0.2, -0.15) is 0 Å². The summed E-state index contributed by atoms with van der Waals surface area (Å²) in [7, 11) is -2.33. The molecular formula is C11H17NO5S2. The van der Waals surface area contributed by atoms with Crippen LogP contribution in [0, 0.1) is 0 Å². The van der Waals surface area contributed by atoms with Gasteiger partial charge in [0.25, 0.3) is 0 Å². The number of carbonyl (C=O) groups is 1. The fourth-order valence-corrected chi connectivity index (χ4v) is 4.01. The molecule has 1 heterocycles. The average molecular weight is 307 g/mol. The molecule has 8 heteroatoms. The molecular weight excluding hydrogens is 290 g/mol. The minimum atomic E-state index is -3.76. The first-order valence-corrected chi connectivity index (χ1v) is 8.11. The number of rotatable bonds is 8. The minimum Gasteiger partial charge on any atom is -0.477 e. The van der Waals surface area contributed by atoms with Crippen molar-refractivity contribution in [1.82, 2.24) is 4.31 Å². The van der Waals surface area contributed by atoms with Gasteiger partial charge in [-0.05, 0) is 30.7 Å². The molecule has 1 aromatic heterocycles. The van der Waals surface area contributed by atoms with E-state index in [1.54, 1.807) is 0 Å². The number of unbranched alkanes of at least 4 members (excludes halogenated alkanes) is 2. The van der Waals surface area contributed by atoms with Gasteiger partial charge < -0.3 is 10.2 Å². The van der Waals surface area contributed by atoms with E-state index in [2.05, 4.69) is 0 Å². The molecule has 2 N–H and O–H groups in total. The van der Waals surface area contributed by atoms with Gasteiger partial charge in [-0.25, -0.2) is 17.5 Å². The number of hydrogen-bond donors (Lipinski definition) is 2. The predicted octanol–water partition coefficient (Wildman–Crippen LogP) is 1.23. The van der Waals surface area contributed by atoms with Crippen molar-refractivity contribution in [2.24, 2.45) is 0 Å². The van der Waals surface area contributed by atoms with Crippen LogP contribution in [0.2, 0.25) is 0 Å². The fraction of sp³-hybridized carbons (Fsp3) is 0.545. The van der Waals surface area contributed by atoms with Crippen molar-refractivity contribution in [3.63, 3.8) is 0 Å². The summed E-state index contributed by atoms with van der Waals surface area (Å²) >= 11 is 0.895. The largest absolute Gasteiger partial charge is 0.477 e. The Hall–Kier alpha value is -0.960. The molecule has 0 spiro atoms. The van der Waals surface area contributed by atoms with Gasteiger partial charge in [0.05, 0.1) is 0 Å². The van der Waals surface area contributed by atoms with Gasteiger partial charge in [-0.15, -0.1) is 11.3 Å². The van der Waals surface area contributed by atoms with E-state index in [1.165, 1.54) is 18.5 Å². The van der Waals surface area contributed by atoms with Crippen molar-refractivity contribution in [3.05, 3.63) is 16.3 Å². The van der Waals surface area contributed by atoms with Crippen LogP contribution in [0.5, 0.6) is 0 Å². The maximum Gasteiger partial charge on any atom is 0.347 e. The van der Waals surface area contributed by atoms with Crippen molar-refractivity contribution in [2.45, 2.75) is 24.2 Å². The van der Waals surface area contributed by atoms with E-state index in [0.717, 1.165) is 22.1 Å². The topological polar surface area (TPSA) is 94.9 Å². The van der Waals surface area contributed by atoms with Crippen LogP contribution in [0.3, 0.4) is 0 Å². The summed E-state index contributed by atoms with van der Waals surface area (Å²) in [4.78, 5) is 10.6. The Kier molecular flexibility index (Phi) is 5.92. The van der Waals surface area contributed by atoms with Crippen LogP contribution in [0.15, 0.2) is 16.3 Å². The lowest BCUT2D eigenvalue weighted by atomic mass is 10.2. The van der Waals surface area contributed by atoms with Gasteiger partial charge in [-0.3, -0.25) is 0 Å². The molecule has 0 aliphatic rings. The molecule has 19 heavy (non-hydrogen) atoms. The van der Waals surface area contributed by atoms with E-state index in [-0.39, 0.29) is 16.4 Å². The number of aromatic carboxylic acids is 1. The molecule has 0 aromatic carbocycles. The predicted molar refractivity (Wildman–Crippen MR) is 72.0 cm³/mol. The van der Waals surface area contributed by atoms with E-state index >= 15 is 0 Å². The molecule has 0 atom stereocenters.